The molecule has 1 unspecified atom stereocenters. The first kappa shape index (κ1) is 20.0. The number of aromatic nitrogens is 3. The van der Waals surface area contributed by atoms with Gasteiger partial charge in [0.1, 0.15) is 17.0 Å². The highest BCUT2D eigenvalue weighted by atomic mass is 32.1. The lowest BCUT2D eigenvalue weighted by Gasteiger charge is -2.30. The zero-order valence-corrected chi connectivity index (χ0v) is 18.8. The van der Waals surface area contributed by atoms with Crippen LogP contribution in [0.1, 0.15) is 40.6 Å². The maximum Gasteiger partial charge on any atom is 0.264 e. The highest BCUT2D eigenvalue weighted by Crippen LogP contribution is 2.34. The van der Waals surface area contributed by atoms with E-state index in [1.54, 1.807) is 6.33 Å². The van der Waals surface area contributed by atoms with Crippen molar-refractivity contribution in [3.05, 3.63) is 52.8 Å². The fourth-order valence-corrected chi connectivity index (χ4v) is 5.70. The third kappa shape index (κ3) is 3.78. The summed E-state index contributed by atoms with van der Waals surface area (Å²) >= 11 is 1.49. The number of hydrogen-bond donors (Lipinski definition) is 2. The zero-order chi connectivity index (χ0) is 21.4. The van der Waals surface area contributed by atoms with E-state index in [0.29, 0.717) is 5.92 Å². The number of aromatic amines is 1. The molecule has 1 saturated heterocycles. The number of anilines is 1. The van der Waals surface area contributed by atoms with Gasteiger partial charge in [-0.2, -0.15) is 0 Å². The number of thiophene rings is 1. The van der Waals surface area contributed by atoms with Gasteiger partial charge in [0.2, 0.25) is 0 Å². The molecule has 1 atom stereocenters. The van der Waals surface area contributed by atoms with Crippen LogP contribution < -0.4 is 5.32 Å². The van der Waals surface area contributed by atoms with E-state index < -0.39 is 0 Å². The molecule has 5 rings (SSSR count). The molecule has 0 aliphatic carbocycles. The summed E-state index contributed by atoms with van der Waals surface area (Å²) in [7, 11) is 0. The molecule has 0 spiro atoms. The van der Waals surface area contributed by atoms with Crippen molar-refractivity contribution in [2.75, 3.05) is 25.0 Å². The van der Waals surface area contributed by atoms with E-state index in [0.717, 1.165) is 64.5 Å². The number of H-pyrrole nitrogens is 1. The number of nitrogens with one attached hydrogen (secondary N) is 2. The van der Waals surface area contributed by atoms with Crippen molar-refractivity contribution in [2.24, 2.45) is 5.92 Å². The van der Waals surface area contributed by atoms with Crippen molar-refractivity contribution in [3.63, 3.8) is 0 Å². The number of piperidine rings is 1. The summed E-state index contributed by atoms with van der Waals surface area (Å²) in [4.78, 5) is 29.2. The maximum atomic E-state index is 13.2. The lowest BCUT2D eigenvalue weighted by atomic mass is 10.00. The molecule has 4 heterocycles. The Kier molecular flexibility index (Phi) is 5.36. The molecular weight excluding hydrogens is 406 g/mol. The number of benzene rings is 1. The van der Waals surface area contributed by atoms with Crippen LogP contribution in [0, 0.1) is 12.8 Å². The summed E-state index contributed by atoms with van der Waals surface area (Å²) in [5.41, 5.74) is 3.43. The SMILES string of the molecule is Cc1c(C(=O)N2CCCC(C)C2)sc2ncnc(NCCc3c[nH]c4ccccc34)c12. The molecule has 1 aliphatic heterocycles. The van der Waals surface area contributed by atoms with Gasteiger partial charge in [-0.15, -0.1) is 11.3 Å². The molecule has 0 radical (unpaired) electrons. The molecule has 6 nitrogen and oxygen atoms in total. The van der Waals surface area contributed by atoms with Crippen molar-refractivity contribution in [3.8, 4) is 0 Å². The number of rotatable bonds is 5. The molecule has 1 amide bonds. The van der Waals surface area contributed by atoms with E-state index in [2.05, 4.69) is 51.6 Å². The molecule has 4 aromatic rings. The van der Waals surface area contributed by atoms with Crippen LogP contribution >= 0.6 is 11.3 Å². The minimum absolute atomic E-state index is 0.136. The number of nitrogens with zero attached hydrogens (tertiary/aromatic N) is 3. The third-order valence-electron chi connectivity index (χ3n) is 6.23. The minimum Gasteiger partial charge on any atom is -0.369 e. The van der Waals surface area contributed by atoms with Crippen LogP contribution in [-0.4, -0.2) is 45.4 Å². The Balaban J connectivity index is 1.36. The summed E-state index contributed by atoms with van der Waals surface area (Å²) in [6.45, 7) is 6.69. The third-order valence-corrected chi connectivity index (χ3v) is 7.41. The topological polar surface area (TPSA) is 73.9 Å². The van der Waals surface area contributed by atoms with E-state index in [-0.39, 0.29) is 5.91 Å². The minimum atomic E-state index is 0.136. The lowest BCUT2D eigenvalue weighted by Crippen LogP contribution is -2.38. The van der Waals surface area contributed by atoms with E-state index >= 15 is 0 Å². The van der Waals surface area contributed by atoms with E-state index in [4.69, 9.17) is 0 Å². The fraction of sp³-hybridized carbons (Fsp3) is 0.375. The van der Waals surface area contributed by atoms with Crippen molar-refractivity contribution < 1.29 is 4.79 Å². The Labute approximate surface area is 185 Å². The molecule has 0 bridgehead atoms. The highest BCUT2D eigenvalue weighted by molar-refractivity contribution is 7.20. The van der Waals surface area contributed by atoms with Gasteiger partial charge in [-0.25, -0.2) is 9.97 Å². The summed E-state index contributed by atoms with van der Waals surface area (Å²) in [6.07, 6.45) is 6.83. The molecule has 1 aliphatic rings. The molecule has 0 saturated carbocycles. The maximum absolute atomic E-state index is 13.2. The molecule has 160 valence electrons. The van der Waals surface area contributed by atoms with Crippen molar-refractivity contribution in [1.82, 2.24) is 19.9 Å². The molecule has 1 aromatic carbocycles. The van der Waals surface area contributed by atoms with Gasteiger partial charge in [0.25, 0.3) is 5.91 Å². The van der Waals surface area contributed by atoms with E-state index in [1.165, 1.54) is 28.7 Å². The average Bonchev–Trinajstić information content (AvgIpc) is 3.35. The Hall–Kier alpha value is -2.93. The predicted octanol–water partition coefficient (Wildman–Crippen LogP) is 5.01. The van der Waals surface area contributed by atoms with Gasteiger partial charge in [0.05, 0.1) is 10.3 Å². The molecule has 3 aromatic heterocycles. The average molecular weight is 434 g/mol. The van der Waals surface area contributed by atoms with E-state index in [1.807, 2.05) is 17.9 Å². The standard InChI is InChI=1S/C24H27N5OS/c1-15-6-5-11-29(13-15)24(30)21-16(2)20-22(27-14-28-23(20)31-21)25-10-9-17-12-26-19-8-4-3-7-18(17)19/h3-4,7-8,12,14-15,26H,5-6,9-11,13H2,1-2H3,(H,25,27,28). The largest absolute Gasteiger partial charge is 0.369 e. The number of fused-ring (bicyclic) bond motifs is 2. The van der Waals surface area contributed by atoms with Gasteiger partial charge < -0.3 is 15.2 Å². The first-order valence-corrected chi connectivity index (χ1v) is 11.8. The number of amides is 1. The van der Waals surface area contributed by atoms with Gasteiger partial charge in [0.15, 0.2) is 0 Å². The number of para-hydroxylation sites is 1. The Morgan fingerprint density at radius 3 is 3.06 bits per heavy atom. The number of aryl methyl sites for hydroxylation is 1. The van der Waals surface area contributed by atoms with Gasteiger partial charge in [-0.05, 0) is 49.3 Å². The van der Waals surface area contributed by atoms with Crippen LogP contribution in [0.2, 0.25) is 0 Å². The van der Waals surface area contributed by atoms with Crippen LogP contribution in [0.3, 0.4) is 0 Å². The highest BCUT2D eigenvalue weighted by Gasteiger charge is 2.26. The summed E-state index contributed by atoms with van der Waals surface area (Å²) in [6, 6.07) is 8.35. The van der Waals surface area contributed by atoms with Crippen molar-refractivity contribution in [2.45, 2.75) is 33.1 Å². The Morgan fingerprint density at radius 1 is 1.32 bits per heavy atom. The molecule has 1 fully saturated rings. The van der Waals surface area contributed by atoms with Gasteiger partial charge in [-0.3, -0.25) is 4.79 Å². The number of carbonyl (C=O) groups excluding carboxylic acids is 1. The van der Waals surface area contributed by atoms with Gasteiger partial charge in [-0.1, -0.05) is 25.1 Å². The van der Waals surface area contributed by atoms with Crippen molar-refractivity contribution >= 4 is 44.2 Å². The second-order valence-electron chi connectivity index (χ2n) is 8.49. The predicted molar refractivity (Wildman–Crippen MR) is 127 cm³/mol. The Bertz CT molecular complexity index is 1240. The van der Waals surface area contributed by atoms with Gasteiger partial charge >= 0.3 is 0 Å². The first-order valence-electron chi connectivity index (χ1n) is 10.9. The quantitative estimate of drug-likeness (QED) is 0.464. The molecule has 2 N–H and O–H groups in total. The van der Waals surface area contributed by atoms with Crippen LogP contribution in [0.4, 0.5) is 5.82 Å². The summed E-state index contributed by atoms with van der Waals surface area (Å²) in [5, 5.41) is 5.72. The van der Waals surface area contributed by atoms with Crippen LogP contribution in [-0.2, 0) is 6.42 Å². The zero-order valence-electron chi connectivity index (χ0n) is 17.9. The first-order chi connectivity index (χ1) is 15.1. The number of carbonyl (C=O) groups is 1. The fourth-order valence-electron chi connectivity index (χ4n) is 4.58. The monoisotopic (exact) mass is 433 g/mol. The molecule has 7 heteroatoms. The lowest BCUT2D eigenvalue weighted by molar-refractivity contribution is 0.0687. The van der Waals surface area contributed by atoms with E-state index in [9.17, 15) is 4.79 Å². The normalized spacial score (nSPS) is 16.8. The van der Waals surface area contributed by atoms with Crippen LogP contribution in [0.15, 0.2) is 36.8 Å². The Morgan fingerprint density at radius 2 is 2.19 bits per heavy atom. The molecular formula is C24H27N5OS. The number of likely N-dealkylation sites (tertiary alicyclic amines) is 1. The summed E-state index contributed by atoms with van der Waals surface area (Å²) < 4.78 is 0. The second-order valence-corrected chi connectivity index (χ2v) is 9.49. The number of hydrogen-bond acceptors (Lipinski definition) is 5. The van der Waals surface area contributed by atoms with Crippen LogP contribution in [0.25, 0.3) is 21.1 Å². The smallest absolute Gasteiger partial charge is 0.264 e. The van der Waals surface area contributed by atoms with Gasteiger partial charge in [0, 0.05) is 36.7 Å². The van der Waals surface area contributed by atoms with Crippen molar-refractivity contribution in [1.29, 1.82) is 0 Å². The second kappa shape index (κ2) is 8.30. The van der Waals surface area contributed by atoms with Crippen LogP contribution in [0.5, 0.6) is 0 Å². The molecule has 31 heavy (non-hydrogen) atoms. The summed E-state index contributed by atoms with van der Waals surface area (Å²) in [5.74, 6) is 1.51.